The van der Waals surface area contributed by atoms with Gasteiger partial charge in [-0.2, -0.15) is 5.10 Å². The zero-order chi connectivity index (χ0) is 17.7. The Labute approximate surface area is 141 Å². The highest BCUT2D eigenvalue weighted by Gasteiger charge is 2.28. The molecule has 2 atom stereocenters. The molecule has 0 saturated heterocycles. The Balaban J connectivity index is 2.02. The van der Waals surface area contributed by atoms with Crippen LogP contribution in [0.5, 0.6) is 0 Å². The highest BCUT2D eigenvalue weighted by atomic mass is 19.1. The van der Waals surface area contributed by atoms with Crippen LogP contribution >= 0.6 is 0 Å². The van der Waals surface area contributed by atoms with Crippen molar-refractivity contribution >= 4 is 6.03 Å². The minimum absolute atomic E-state index is 0.125. The average Bonchev–Trinajstić information content (AvgIpc) is 2.96. The zero-order valence-corrected chi connectivity index (χ0v) is 14.5. The summed E-state index contributed by atoms with van der Waals surface area (Å²) < 4.78 is 15.2. The number of hydrogen-bond acceptors (Lipinski definition) is 3. The number of benzene rings is 1. The van der Waals surface area contributed by atoms with Crippen LogP contribution in [0.4, 0.5) is 9.18 Å². The van der Waals surface area contributed by atoms with Crippen LogP contribution in [0, 0.1) is 11.2 Å². The van der Waals surface area contributed by atoms with Crippen LogP contribution < -0.4 is 10.6 Å². The number of amides is 2. The molecule has 0 aliphatic rings. The monoisotopic (exact) mass is 333 g/mol. The van der Waals surface area contributed by atoms with Crippen LogP contribution in [-0.4, -0.2) is 26.8 Å². The largest absolute Gasteiger partial charge is 0.334 e. The summed E-state index contributed by atoms with van der Waals surface area (Å²) in [6, 6.07) is 5.57. The molecule has 1 aromatic heterocycles. The molecule has 130 valence electrons. The summed E-state index contributed by atoms with van der Waals surface area (Å²) in [6.07, 6.45) is 3.05. The van der Waals surface area contributed by atoms with Crippen molar-refractivity contribution < 1.29 is 9.18 Å². The molecule has 2 N–H and O–H groups in total. The van der Waals surface area contributed by atoms with E-state index < -0.39 is 0 Å². The van der Waals surface area contributed by atoms with Gasteiger partial charge in [0.15, 0.2) is 0 Å². The van der Waals surface area contributed by atoms with Gasteiger partial charge in [0.25, 0.3) is 0 Å². The first kappa shape index (κ1) is 17.9. The molecule has 0 fully saturated rings. The van der Waals surface area contributed by atoms with Gasteiger partial charge in [0.2, 0.25) is 0 Å². The minimum Gasteiger partial charge on any atom is -0.334 e. The van der Waals surface area contributed by atoms with E-state index in [1.54, 1.807) is 17.1 Å². The first-order chi connectivity index (χ1) is 11.3. The summed E-state index contributed by atoms with van der Waals surface area (Å²) >= 11 is 0. The predicted molar refractivity (Wildman–Crippen MR) is 89.7 cm³/mol. The number of nitrogens with zero attached hydrogens (tertiary/aromatic N) is 3. The van der Waals surface area contributed by atoms with E-state index in [0.29, 0.717) is 6.54 Å². The Bertz CT molecular complexity index is 666. The van der Waals surface area contributed by atoms with Gasteiger partial charge in [0, 0.05) is 6.04 Å². The van der Waals surface area contributed by atoms with Gasteiger partial charge in [-0.3, -0.25) is 4.68 Å². The lowest BCUT2D eigenvalue weighted by atomic mass is 9.82. The van der Waals surface area contributed by atoms with E-state index in [2.05, 4.69) is 20.7 Å². The van der Waals surface area contributed by atoms with Crippen LogP contribution in [0.25, 0.3) is 0 Å². The van der Waals surface area contributed by atoms with Crippen LogP contribution in [0.1, 0.15) is 39.3 Å². The van der Waals surface area contributed by atoms with Crippen molar-refractivity contribution in [1.29, 1.82) is 0 Å². The lowest BCUT2D eigenvalue weighted by Gasteiger charge is -2.32. The van der Waals surface area contributed by atoms with E-state index in [0.717, 1.165) is 5.56 Å². The van der Waals surface area contributed by atoms with Gasteiger partial charge in [-0.25, -0.2) is 14.2 Å². The van der Waals surface area contributed by atoms with Crippen molar-refractivity contribution in [2.75, 3.05) is 0 Å². The second-order valence-corrected chi connectivity index (χ2v) is 6.99. The smallest absolute Gasteiger partial charge is 0.315 e. The van der Waals surface area contributed by atoms with Gasteiger partial charge < -0.3 is 10.6 Å². The third kappa shape index (κ3) is 5.04. The minimum atomic E-state index is -0.316. The Morgan fingerprint density at radius 1 is 1.33 bits per heavy atom. The summed E-state index contributed by atoms with van der Waals surface area (Å²) in [5.41, 5.74) is 0.474. The molecular weight excluding hydrogens is 309 g/mol. The number of urea groups is 1. The van der Waals surface area contributed by atoms with Gasteiger partial charge in [-0.1, -0.05) is 32.9 Å². The molecule has 1 aromatic carbocycles. The van der Waals surface area contributed by atoms with Crippen LogP contribution in [0.15, 0.2) is 36.9 Å². The number of aromatic nitrogens is 3. The summed E-state index contributed by atoms with van der Waals surface area (Å²) in [5, 5.41) is 9.83. The summed E-state index contributed by atoms with van der Waals surface area (Å²) in [6.45, 7) is 8.41. The second kappa shape index (κ2) is 7.42. The van der Waals surface area contributed by atoms with E-state index in [1.165, 1.54) is 18.5 Å². The standard InChI is InChI=1S/C17H24FN5O/c1-12(9-23-11-19-10-20-23)21-16(24)22-15(17(2,3)4)13-6-5-7-14(18)8-13/h5-8,10-12,15H,9H2,1-4H3,(H2,21,22,24)/t12-,15-/m1/s1. The molecule has 0 spiro atoms. The fraction of sp³-hybridized carbons (Fsp3) is 0.471. The maximum atomic E-state index is 13.5. The number of nitrogens with one attached hydrogen (secondary N) is 2. The molecule has 2 amide bonds. The highest BCUT2D eigenvalue weighted by Crippen LogP contribution is 2.32. The second-order valence-electron chi connectivity index (χ2n) is 6.99. The van der Waals surface area contributed by atoms with Crippen molar-refractivity contribution in [1.82, 2.24) is 25.4 Å². The molecule has 6 nitrogen and oxygen atoms in total. The number of rotatable bonds is 5. The first-order valence-electron chi connectivity index (χ1n) is 7.90. The molecule has 1 heterocycles. The molecule has 0 aliphatic heterocycles. The molecule has 0 saturated carbocycles. The predicted octanol–water partition coefficient (Wildman–Crippen LogP) is 2.89. The Hall–Kier alpha value is -2.44. The van der Waals surface area contributed by atoms with Gasteiger partial charge in [0.1, 0.15) is 18.5 Å². The lowest BCUT2D eigenvalue weighted by Crippen LogP contribution is -2.46. The van der Waals surface area contributed by atoms with Crippen LogP contribution in [0.2, 0.25) is 0 Å². The number of carbonyl (C=O) groups is 1. The van der Waals surface area contributed by atoms with Crippen LogP contribution in [0.3, 0.4) is 0 Å². The fourth-order valence-electron chi connectivity index (χ4n) is 2.54. The normalized spacial score (nSPS) is 14.0. The molecular formula is C17H24FN5O. The summed E-state index contributed by atoms with van der Waals surface area (Å²) in [5.74, 6) is -0.316. The summed E-state index contributed by atoms with van der Waals surface area (Å²) in [4.78, 5) is 16.2. The molecule has 0 unspecified atom stereocenters. The lowest BCUT2D eigenvalue weighted by molar-refractivity contribution is 0.214. The maximum absolute atomic E-state index is 13.5. The van der Waals surface area contributed by atoms with E-state index in [4.69, 9.17) is 0 Å². The Kier molecular flexibility index (Phi) is 5.54. The van der Waals surface area contributed by atoms with Crippen LogP contribution in [-0.2, 0) is 6.54 Å². The first-order valence-corrected chi connectivity index (χ1v) is 7.90. The van der Waals surface area contributed by atoms with E-state index in [-0.39, 0.29) is 29.3 Å². The Morgan fingerprint density at radius 3 is 2.67 bits per heavy atom. The molecule has 0 aliphatic carbocycles. The SMILES string of the molecule is C[C@H](Cn1cncn1)NC(=O)N[C@H](c1cccc(F)c1)C(C)(C)C. The van der Waals surface area contributed by atoms with E-state index >= 15 is 0 Å². The van der Waals surface area contributed by atoms with E-state index in [9.17, 15) is 9.18 Å². The maximum Gasteiger partial charge on any atom is 0.315 e. The van der Waals surface area contributed by atoms with Gasteiger partial charge in [-0.05, 0) is 30.0 Å². The Morgan fingerprint density at radius 2 is 2.08 bits per heavy atom. The molecule has 7 heteroatoms. The number of carbonyl (C=O) groups excluding carboxylic acids is 1. The average molecular weight is 333 g/mol. The van der Waals surface area contributed by atoms with Crippen molar-refractivity contribution in [2.24, 2.45) is 5.41 Å². The van der Waals surface area contributed by atoms with Crippen molar-refractivity contribution in [3.8, 4) is 0 Å². The summed E-state index contributed by atoms with van der Waals surface area (Å²) in [7, 11) is 0. The topological polar surface area (TPSA) is 71.8 Å². The van der Waals surface area contributed by atoms with Gasteiger partial charge >= 0.3 is 6.03 Å². The third-order valence-electron chi connectivity index (χ3n) is 3.63. The number of hydrogen-bond donors (Lipinski definition) is 2. The third-order valence-corrected chi connectivity index (χ3v) is 3.63. The molecule has 0 bridgehead atoms. The van der Waals surface area contributed by atoms with E-state index in [1.807, 2.05) is 33.8 Å². The van der Waals surface area contributed by atoms with Crippen molar-refractivity contribution in [3.05, 3.63) is 48.3 Å². The number of halogens is 1. The van der Waals surface area contributed by atoms with Gasteiger partial charge in [-0.15, -0.1) is 0 Å². The quantitative estimate of drug-likeness (QED) is 0.884. The highest BCUT2D eigenvalue weighted by molar-refractivity contribution is 5.74. The zero-order valence-electron chi connectivity index (χ0n) is 14.5. The molecule has 0 radical (unpaired) electrons. The molecule has 24 heavy (non-hydrogen) atoms. The molecule has 2 aromatic rings. The van der Waals surface area contributed by atoms with Gasteiger partial charge in [0.05, 0.1) is 12.6 Å². The fourth-order valence-corrected chi connectivity index (χ4v) is 2.54. The van der Waals surface area contributed by atoms with Crippen molar-refractivity contribution in [3.63, 3.8) is 0 Å². The van der Waals surface area contributed by atoms with Crippen molar-refractivity contribution in [2.45, 2.75) is 46.3 Å². The molecule has 2 rings (SSSR count).